The minimum Gasteiger partial charge on any atom is -0.422 e. The van der Waals surface area contributed by atoms with Crippen molar-refractivity contribution in [1.82, 2.24) is 4.57 Å². The third-order valence-electron chi connectivity index (χ3n) is 5.14. The maximum absolute atomic E-state index is 12.9. The molecule has 0 bridgehead atoms. The monoisotopic (exact) mass is 365 g/mol. The molecule has 5 aromatic rings. The molecule has 0 N–H and O–H groups in total. The van der Waals surface area contributed by atoms with Crippen LogP contribution in [0.2, 0.25) is 0 Å². The molecule has 0 saturated carbocycles. The summed E-state index contributed by atoms with van der Waals surface area (Å²) in [5.41, 5.74) is 4.67. The summed E-state index contributed by atoms with van der Waals surface area (Å²) < 4.78 is 7.83. The number of benzene rings is 3. The Hall–Kier alpha value is -3.59. The molecule has 0 atom stereocenters. The number of aromatic nitrogens is 1. The highest BCUT2D eigenvalue weighted by Gasteiger charge is 2.17. The van der Waals surface area contributed by atoms with Gasteiger partial charge in [-0.05, 0) is 35.2 Å². The Morgan fingerprint density at radius 3 is 2.14 bits per heavy atom. The molecule has 2 heterocycles. The summed E-state index contributed by atoms with van der Waals surface area (Å²) in [6.07, 6.45) is 2.80. The fourth-order valence-corrected chi connectivity index (χ4v) is 3.89. The van der Waals surface area contributed by atoms with E-state index in [9.17, 15) is 4.79 Å². The van der Waals surface area contributed by atoms with Gasteiger partial charge in [0.1, 0.15) is 5.58 Å². The maximum atomic E-state index is 12.9. The minimum absolute atomic E-state index is 0.272. The topological polar surface area (TPSA) is 35.1 Å². The normalized spacial score (nSPS) is 11.3. The number of fused-ring (bicyclic) bond motifs is 3. The highest BCUT2D eigenvalue weighted by Crippen LogP contribution is 2.29. The van der Waals surface area contributed by atoms with E-state index in [-0.39, 0.29) is 5.63 Å². The van der Waals surface area contributed by atoms with Gasteiger partial charge in [0.2, 0.25) is 0 Å². The molecule has 0 unspecified atom stereocenters. The predicted molar refractivity (Wildman–Crippen MR) is 113 cm³/mol. The number of hydrogen-bond acceptors (Lipinski definition) is 2. The summed E-state index contributed by atoms with van der Waals surface area (Å²) in [7, 11) is 0. The van der Waals surface area contributed by atoms with E-state index in [0.717, 1.165) is 16.5 Å². The summed E-state index contributed by atoms with van der Waals surface area (Å²) in [5.74, 6) is 0. The van der Waals surface area contributed by atoms with Crippen LogP contribution < -0.4 is 5.63 Å². The maximum Gasteiger partial charge on any atom is 0.346 e. The van der Waals surface area contributed by atoms with Crippen molar-refractivity contribution in [2.75, 3.05) is 0 Å². The van der Waals surface area contributed by atoms with E-state index in [1.807, 2.05) is 60.7 Å². The summed E-state index contributed by atoms with van der Waals surface area (Å²) in [5, 5.41) is 1.64. The fourth-order valence-electron chi connectivity index (χ4n) is 3.89. The highest BCUT2D eigenvalue weighted by atomic mass is 16.4. The molecule has 3 aromatic carbocycles. The van der Waals surface area contributed by atoms with Crippen LogP contribution in [0.25, 0.3) is 21.9 Å². The van der Waals surface area contributed by atoms with Crippen LogP contribution in [0.3, 0.4) is 0 Å². The van der Waals surface area contributed by atoms with Gasteiger partial charge in [-0.2, -0.15) is 0 Å². The van der Waals surface area contributed by atoms with Crippen LogP contribution in [0.4, 0.5) is 0 Å². The van der Waals surface area contributed by atoms with Gasteiger partial charge in [0.25, 0.3) is 0 Å². The summed E-state index contributed by atoms with van der Waals surface area (Å²) in [4.78, 5) is 12.9. The molecule has 5 rings (SSSR count). The van der Waals surface area contributed by atoms with E-state index in [2.05, 4.69) is 35.0 Å². The summed E-state index contributed by atoms with van der Waals surface area (Å²) >= 11 is 0. The third kappa shape index (κ3) is 2.91. The van der Waals surface area contributed by atoms with E-state index in [1.54, 1.807) is 0 Å². The average Bonchev–Trinajstić information content (AvgIpc) is 3.08. The van der Waals surface area contributed by atoms with Gasteiger partial charge >= 0.3 is 5.63 Å². The first-order valence-corrected chi connectivity index (χ1v) is 9.41. The van der Waals surface area contributed by atoms with Crippen LogP contribution in [0, 0.1) is 0 Å². The van der Waals surface area contributed by atoms with Crippen molar-refractivity contribution >= 4 is 21.9 Å². The number of nitrogens with zero attached hydrogens (tertiary/aromatic N) is 1. The van der Waals surface area contributed by atoms with Crippen molar-refractivity contribution in [3.63, 3.8) is 0 Å². The minimum atomic E-state index is -0.272. The SMILES string of the molecule is O=c1oc2ccccc2c2c1c(Cc1ccccc1)cn2Cc1ccccc1. The highest BCUT2D eigenvalue weighted by molar-refractivity contribution is 6.04. The molecular weight excluding hydrogens is 346 g/mol. The molecule has 0 aliphatic rings. The Labute approximate surface area is 162 Å². The molecule has 0 saturated heterocycles. The molecule has 0 amide bonds. The molecule has 3 nitrogen and oxygen atoms in total. The number of rotatable bonds is 4. The van der Waals surface area contributed by atoms with Crippen molar-refractivity contribution in [3.8, 4) is 0 Å². The van der Waals surface area contributed by atoms with Crippen LogP contribution >= 0.6 is 0 Å². The molecule has 0 aliphatic carbocycles. The summed E-state index contributed by atoms with van der Waals surface area (Å²) in [6.45, 7) is 0.708. The van der Waals surface area contributed by atoms with Gasteiger partial charge in [0.05, 0.1) is 10.9 Å². The van der Waals surface area contributed by atoms with Crippen LogP contribution in [0.15, 0.2) is 100 Å². The van der Waals surface area contributed by atoms with Crippen LogP contribution in [-0.2, 0) is 13.0 Å². The van der Waals surface area contributed by atoms with Crippen molar-refractivity contribution < 1.29 is 4.42 Å². The van der Waals surface area contributed by atoms with Crippen LogP contribution in [0.5, 0.6) is 0 Å². The van der Waals surface area contributed by atoms with E-state index in [0.29, 0.717) is 23.9 Å². The Morgan fingerprint density at radius 2 is 1.39 bits per heavy atom. The van der Waals surface area contributed by atoms with Crippen molar-refractivity contribution in [2.45, 2.75) is 13.0 Å². The molecular formula is C25H19NO2. The van der Waals surface area contributed by atoms with Gasteiger partial charge in [-0.25, -0.2) is 4.79 Å². The van der Waals surface area contributed by atoms with Gasteiger partial charge in [-0.15, -0.1) is 0 Å². The fraction of sp³-hybridized carbons (Fsp3) is 0.0800. The quantitative estimate of drug-likeness (QED) is 0.400. The lowest BCUT2D eigenvalue weighted by Crippen LogP contribution is -2.03. The second-order valence-corrected chi connectivity index (χ2v) is 7.04. The molecule has 0 radical (unpaired) electrons. The smallest absolute Gasteiger partial charge is 0.346 e. The van der Waals surface area contributed by atoms with E-state index < -0.39 is 0 Å². The van der Waals surface area contributed by atoms with Crippen LogP contribution in [-0.4, -0.2) is 4.57 Å². The molecule has 2 aromatic heterocycles. The van der Waals surface area contributed by atoms with Gasteiger partial charge in [0.15, 0.2) is 0 Å². The van der Waals surface area contributed by atoms with Crippen molar-refractivity contribution in [1.29, 1.82) is 0 Å². The lowest BCUT2D eigenvalue weighted by molar-refractivity contribution is 0.569. The second-order valence-electron chi connectivity index (χ2n) is 7.04. The van der Waals surface area contributed by atoms with E-state index in [4.69, 9.17) is 4.42 Å². The molecule has 0 aliphatic heterocycles. The standard InChI is InChI=1S/C25H19NO2/c27-25-23-20(15-18-9-3-1-4-10-18)17-26(16-19-11-5-2-6-12-19)24(23)21-13-7-8-14-22(21)28-25/h1-14,17H,15-16H2. The van der Waals surface area contributed by atoms with Crippen molar-refractivity contribution in [2.24, 2.45) is 0 Å². The van der Waals surface area contributed by atoms with Crippen molar-refractivity contribution in [3.05, 3.63) is 118 Å². The molecule has 28 heavy (non-hydrogen) atoms. The van der Waals surface area contributed by atoms with Gasteiger partial charge in [-0.1, -0.05) is 72.8 Å². The first-order chi connectivity index (χ1) is 13.8. The van der Waals surface area contributed by atoms with Gasteiger partial charge in [-0.3, -0.25) is 0 Å². The van der Waals surface area contributed by atoms with E-state index >= 15 is 0 Å². The third-order valence-corrected chi connectivity index (χ3v) is 5.14. The summed E-state index contributed by atoms with van der Waals surface area (Å²) in [6, 6.07) is 28.3. The lowest BCUT2D eigenvalue weighted by atomic mass is 10.0. The zero-order valence-corrected chi connectivity index (χ0v) is 15.3. The molecule has 136 valence electrons. The zero-order chi connectivity index (χ0) is 18.9. The second kappa shape index (κ2) is 6.86. The first-order valence-electron chi connectivity index (χ1n) is 9.41. The number of para-hydroxylation sites is 1. The lowest BCUT2D eigenvalue weighted by Gasteiger charge is -2.07. The molecule has 0 spiro atoms. The van der Waals surface area contributed by atoms with Gasteiger partial charge in [0, 0.05) is 18.1 Å². The van der Waals surface area contributed by atoms with Crippen LogP contribution in [0.1, 0.15) is 16.7 Å². The van der Waals surface area contributed by atoms with E-state index in [1.165, 1.54) is 11.1 Å². The zero-order valence-electron chi connectivity index (χ0n) is 15.3. The average molecular weight is 365 g/mol. The Morgan fingerprint density at radius 1 is 0.750 bits per heavy atom. The molecule has 0 fully saturated rings. The largest absolute Gasteiger partial charge is 0.422 e. The Kier molecular flexibility index (Phi) is 4.06. The Balaban J connectivity index is 1.76. The number of hydrogen-bond donors (Lipinski definition) is 0. The first kappa shape index (κ1) is 16.6. The predicted octanol–water partition coefficient (Wildman–Crippen LogP) is 5.39. The molecule has 3 heteroatoms. The van der Waals surface area contributed by atoms with Gasteiger partial charge < -0.3 is 8.98 Å². The Bertz CT molecular complexity index is 1320.